The molecule has 0 saturated heterocycles. The van der Waals surface area contributed by atoms with Gasteiger partial charge in [0.25, 0.3) is 32.1 Å². The zero-order chi connectivity index (χ0) is 35.9. The highest BCUT2D eigenvalue weighted by Gasteiger charge is 2.24. The smallest absolute Gasteiger partial charge is 0.288 e. The van der Waals surface area contributed by atoms with Crippen molar-refractivity contribution in [3.63, 3.8) is 0 Å². The molecule has 50 heavy (non-hydrogen) atoms. The molecule has 0 bridgehead atoms. The molecule has 0 fully saturated rings. The van der Waals surface area contributed by atoms with Crippen molar-refractivity contribution in [3.8, 4) is 0 Å². The molecule has 7 aromatic rings. The quantitative estimate of drug-likeness (QED) is 0.184. The Bertz CT molecular complexity index is 2830. The van der Waals surface area contributed by atoms with Crippen LogP contribution < -0.4 is 10.9 Å². The molecule has 12 nitrogen and oxygen atoms in total. The van der Waals surface area contributed by atoms with Crippen LogP contribution in [0.3, 0.4) is 0 Å². The number of benzene rings is 5. The van der Waals surface area contributed by atoms with Gasteiger partial charge in [0.1, 0.15) is 0 Å². The van der Waals surface area contributed by atoms with E-state index in [1.807, 2.05) is 0 Å². The molecule has 7 rings (SSSR count). The molecule has 0 amide bonds. The fraction of sp³-hybridized carbons (Fsp3) is 0.0556. The van der Waals surface area contributed by atoms with Crippen LogP contribution in [-0.4, -0.2) is 46.9 Å². The summed E-state index contributed by atoms with van der Waals surface area (Å²) < 4.78 is 69.3. The van der Waals surface area contributed by atoms with E-state index in [2.05, 4.69) is 0 Å². The Morgan fingerprint density at radius 1 is 0.500 bits per heavy atom. The van der Waals surface area contributed by atoms with E-state index in [1.54, 1.807) is 50.2 Å². The summed E-state index contributed by atoms with van der Waals surface area (Å²) in [7, 11) is -9.36. The lowest BCUT2D eigenvalue weighted by molar-refractivity contribution is 0.0960. The summed E-state index contributed by atoms with van der Waals surface area (Å²) in [4.78, 5) is 55.9. The number of hydrogen-bond acceptors (Lipinski definition) is 8. The summed E-state index contributed by atoms with van der Waals surface area (Å²) >= 11 is 0. The van der Waals surface area contributed by atoms with Crippen molar-refractivity contribution in [1.82, 2.24) is 9.13 Å². The first-order valence-electron chi connectivity index (χ1n) is 14.9. The van der Waals surface area contributed by atoms with Crippen LogP contribution in [-0.2, 0) is 20.2 Å². The van der Waals surface area contributed by atoms with Gasteiger partial charge in [-0.15, -0.1) is 0 Å². The Labute approximate surface area is 282 Å². The van der Waals surface area contributed by atoms with Crippen LogP contribution in [0.15, 0.2) is 116 Å². The van der Waals surface area contributed by atoms with Crippen LogP contribution >= 0.6 is 0 Å². The topological polar surface area (TPSA) is 187 Å². The van der Waals surface area contributed by atoms with Gasteiger partial charge in [0, 0.05) is 32.7 Å². The SMILES string of the molecule is Cc1ccc2c(c1)c(=O)c1cc3c(cc1n2C(=O)c1cccc(S(=O)(=O)O)c1)c(=O)c1cc(C)ccc1n3C(=O)c1cccc(S(=O)(=O)O)c1. The van der Waals surface area contributed by atoms with Crippen molar-refractivity contribution in [3.05, 3.63) is 140 Å². The van der Waals surface area contributed by atoms with Gasteiger partial charge in [-0.2, -0.15) is 16.8 Å². The van der Waals surface area contributed by atoms with Gasteiger partial charge in [-0.1, -0.05) is 35.4 Å². The number of rotatable bonds is 4. The lowest BCUT2D eigenvalue weighted by atomic mass is 10.0. The van der Waals surface area contributed by atoms with E-state index < -0.39 is 52.7 Å². The molecule has 0 spiro atoms. The highest BCUT2D eigenvalue weighted by Crippen LogP contribution is 2.29. The van der Waals surface area contributed by atoms with Crippen LogP contribution in [0.4, 0.5) is 0 Å². The molecular weight excluding hydrogens is 685 g/mol. The molecule has 0 unspecified atom stereocenters. The number of fused-ring (bicyclic) bond motifs is 4. The zero-order valence-electron chi connectivity index (χ0n) is 26.1. The largest absolute Gasteiger partial charge is 0.294 e. The van der Waals surface area contributed by atoms with E-state index in [4.69, 9.17) is 0 Å². The lowest BCUT2D eigenvalue weighted by Gasteiger charge is -2.18. The fourth-order valence-corrected chi connectivity index (χ4v) is 7.24. The van der Waals surface area contributed by atoms with Gasteiger partial charge in [0.15, 0.2) is 10.9 Å². The molecule has 2 N–H and O–H groups in total. The molecule has 0 radical (unpaired) electrons. The minimum absolute atomic E-state index is 0.0161. The van der Waals surface area contributed by atoms with Crippen LogP contribution in [0, 0.1) is 13.8 Å². The maximum absolute atomic E-state index is 14.3. The van der Waals surface area contributed by atoms with Crippen molar-refractivity contribution in [2.45, 2.75) is 23.6 Å². The number of pyridine rings is 2. The predicted molar refractivity (Wildman–Crippen MR) is 186 cm³/mol. The first-order chi connectivity index (χ1) is 23.5. The third-order valence-corrected chi connectivity index (χ3v) is 10.2. The number of hydrogen-bond donors (Lipinski definition) is 2. The molecule has 2 heterocycles. The molecule has 250 valence electrons. The van der Waals surface area contributed by atoms with Gasteiger partial charge in [-0.3, -0.25) is 37.4 Å². The summed E-state index contributed by atoms with van der Waals surface area (Å²) in [5.41, 5.74) is 0.313. The minimum Gasteiger partial charge on any atom is -0.288 e. The van der Waals surface area contributed by atoms with Crippen molar-refractivity contribution in [1.29, 1.82) is 0 Å². The zero-order valence-corrected chi connectivity index (χ0v) is 27.7. The Balaban J connectivity index is 1.64. The van der Waals surface area contributed by atoms with Gasteiger partial charge < -0.3 is 0 Å². The fourth-order valence-electron chi connectivity index (χ4n) is 6.19. The predicted octanol–water partition coefficient (Wildman–Crippen LogP) is 5.11. The molecule has 0 aliphatic carbocycles. The summed E-state index contributed by atoms with van der Waals surface area (Å²) in [6, 6.07) is 21.7. The third kappa shape index (κ3) is 5.31. The average molecular weight is 709 g/mol. The summed E-state index contributed by atoms with van der Waals surface area (Å²) in [5, 5.41) is 0.116. The van der Waals surface area contributed by atoms with E-state index >= 15 is 0 Å². The van der Waals surface area contributed by atoms with Crippen LogP contribution in [0.5, 0.6) is 0 Å². The van der Waals surface area contributed by atoms with Crippen LogP contribution in [0.1, 0.15) is 31.8 Å². The number of aromatic nitrogens is 2. The monoisotopic (exact) mass is 708 g/mol. The second-order valence-electron chi connectivity index (χ2n) is 11.9. The van der Waals surface area contributed by atoms with Crippen LogP contribution in [0.25, 0.3) is 43.6 Å². The molecule has 0 aliphatic rings. The van der Waals surface area contributed by atoms with Crippen molar-refractivity contribution in [2.75, 3.05) is 0 Å². The van der Waals surface area contributed by atoms with E-state index in [1.165, 1.54) is 45.5 Å². The standard InChI is InChI=1S/C36H24N2O10S2/c1-19-9-11-29-25(13-19)33(39)27-17-32-28(18-31(27)37(29)35(41)21-5-3-7-23(15-21)49(43,44)45)34(40)26-14-20(2)10-12-30(26)38(32)36(42)22-6-4-8-24(16-22)50(46,47)48/h3-18H,1-2H3,(H,43,44,45)(H,46,47,48). The van der Waals surface area contributed by atoms with Crippen LogP contribution in [0.2, 0.25) is 0 Å². The first kappa shape index (κ1) is 32.7. The van der Waals surface area contributed by atoms with Gasteiger partial charge in [0.05, 0.1) is 31.9 Å². The van der Waals surface area contributed by atoms with Gasteiger partial charge in [0.2, 0.25) is 0 Å². The normalized spacial score (nSPS) is 12.2. The second-order valence-corrected chi connectivity index (χ2v) is 14.7. The Morgan fingerprint density at radius 3 is 1.22 bits per heavy atom. The van der Waals surface area contributed by atoms with E-state index in [9.17, 15) is 45.1 Å². The molecular formula is C36H24N2O10S2. The first-order valence-corrected chi connectivity index (χ1v) is 17.8. The molecule has 0 saturated carbocycles. The van der Waals surface area contributed by atoms with Crippen molar-refractivity contribution >= 4 is 75.7 Å². The van der Waals surface area contributed by atoms with E-state index in [0.717, 1.165) is 24.3 Å². The van der Waals surface area contributed by atoms with Gasteiger partial charge in [-0.25, -0.2) is 0 Å². The number of carbonyl (C=O) groups is 2. The second kappa shape index (κ2) is 11.4. The third-order valence-electron chi connectivity index (χ3n) is 8.52. The number of aryl methyl sites for hydroxylation is 2. The van der Waals surface area contributed by atoms with Gasteiger partial charge >= 0.3 is 0 Å². The Hall–Kier alpha value is -5.80. The molecule has 2 aromatic heterocycles. The maximum Gasteiger partial charge on any atom is 0.294 e. The highest BCUT2D eigenvalue weighted by molar-refractivity contribution is 7.86. The molecule has 0 atom stereocenters. The Kier molecular flexibility index (Phi) is 7.45. The molecule has 5 aromatic carbocycles. The summed E-state index contributed by atoms with van der Waals surface area (Å²) in [6.45, 7) is 3.49. The Morgan fingerprint density at radius 2 is 0.860 bits per heavy atom. The molecule has 14 heteroatoms. The number of carbonyl (C=O) groups excluding carboxylic acids is 2. The summed E-state index contributed by atoms with van der Waals surface area (Å²) in [6.07, 6.45) is 0. The highest BCUT2D eigenvalue weighted by atomic mass is 32.2. The number of nitrogens with zero attached hydrogens (tertiary/aromatic N) is 2. The summed E-state index contributed by atoms with van der Waals surface area (Å²) in [5.74, 6) is -1.55. The van der Waals surface area contributed by atoms with E-state index in [0.29, 0.717) is 11.1 Å². The van der Waals surface area contributed by atoms with Crippen molar-refractivity contribution < 1.29 is 35.5 Å². The molecule has 0 aliphatic heterocycles. The van der Waals surface area contributed by atoms with E-state index in [-0.39, 0.29) is 54.7 Å². The van der Waals surface area contributed by atoms with Crippen molar-refractivity contribution in [2.24, 2.45) is 0 Å². The van der Waals surface area contributed by atoms with Gasteiger partial charge in [-0.05, 0) is 86.6 Å². The minimum atomic E-state index is -4.68. The maximum atomic E-state index is 14.3. The average Bonchev–Trinajstić information content (AvgIpc) is 3.07. The lowest BCUT2D eigenvalue weighted by Crippen LogP contribution is -2.22.